The van der Waals surface area contributed by atoms with Crippen LogP contribution in [-0.4, -0.2) is 50.5 Å². The Kier molecular flexibility index (Phi) is 9.05. The second kappa shape index (κ2) is 11.3. The molecule has 1 N–H and O–H groups in total. The van der Waals surface area contributed by atoms with Crippen LogP contribution in [0.15, 0.2) is 48.5 Å². The first-order valence-corrected chi connectivity index (χ1v) is 12.9. The zero-order valence-electron chi connectivity index (χ0n) is 20.3. The molecule has 0 unspecified atom stereocenters. The number of nitrogens with one attached hydrogen (secondary N) is 1. The third-order valence-corrected chi connectivity index (χ3v) is 6.43. The van der Waals surface area contributed by atoms with Gasteiger partial charge in [0.2, 0.25) is 21.8 Å². The molecule has 33 heavy (non-hydrogen) atoms. The van der Waals surface area contributed by atoms with E-state index in [0.717, 1.165) is 27.3 Å². The van der Waals surface area contributed by atoms with Gasteiger partial charge in [0.05, 0.1) is 11.9 Å². The van der Waals surface area contributed by atoms with Crippen LogP contribution < -0.4 is 9.62 Å². The molecule has 0 aliphatic rings. The number of aryl methyl sites for hydroxylation is 2. The van der Waals surface area contributed by atoms with Crippen LogP contribution >= 0.6 is 0 Å². The number of hydrogen-bond acceptors (Lipinski definition) is 4. The zero-order valence-corrected chi connectivity index (χ0v) is 21.1. The first-order chi connectivity index (χ1) is 15.4. The van der Waals surface area contributed by atoms with Crippen LogP contribution in [0.4, 0.5) is 5.69 Å². The van der Waals surface area contributed by atoms with Gasteiger partial charge >= 0.3 is 0 Å². The molecule has 0 fully saturated rings. The van der Waals surface area contributed by atoms with E-state index in [9.17, 15) is 18.0 Å². The lowest BCUT2D eigenvalue weighted by Crippen LogP contribution is -2.51. The van der Waals surface area contributed by atoms with Crippen LogP contribution in [0.3, 0.4) is 0 Å². The number of carbonyl (C=O) groups is 2. The average Bonchev–Trinajstić information content (AvgIpc) is 2.73. The Bertz CT molecular complexity index is 1070. The number of nitrogens with zero attached hydrogens (tertiary/aromatic N) is 2. The van der Waals surface area contributed by atoms with E-state index in [1.54, 1.807) is 25.1 Å². The summed E-state index contributed by atoms with van der Waals surface area (Å²) in [5.41, 5.74) is 3.24. The van der Waals surface area contributed by atoms with E-state index in [1.165, 1.54) is 4.90 Å². The molecule has 0 bridgehead atoms. The molecular weight excluding hydrogens is 438 g/mol. The third kappa shape index (κ3) is 7.89. The molecule has 0 aromatic heterocycles. The van der Waals surface area contributed by atoms with Crippen molar-refractivity contribution in [3.05, 3.63) is 65.2 Å². The van der Waals surface area contributed by atoms with Crippen LogP contribution in [-0.2, 0) is 26.2 Å². The van der Waals surface area contributed by atoms with Crippen LogP contribution in [0.25, 0.3) is 0 Å². The molecule has 0 aliphatic carbocycles. The molecule has 2 amide bonds. The van der Waals surface area contributed by atoms with E-state index in [-0.39, 0.29) is 18.4 Å². The van der Waals surface area contributed by atoms with Crippen molar-refractivity contribution in [2.75, 3.05) is 23.7 Å². The SMILES string of the molecule is Cc1ccc(CN(C(=O)CN(c2cccc(C)c2)S(C)(=O)=O)[C@H](C)C(=O)NCC(C)C)cc1. The van der Waals surface area contributed by atoms with Crippen molar-refractivity contribution in [3.8, 4) is 0 Å². The van der Waals surface area contributed by atoms with Gasteiger partial charge < -0.3 is 10.2 Å². The van der Waals surface area contributed by atoms with Gasteiger partial charge in [-0.3, -0.25) is 13.9 Å². The maximum absolute atomic E-state index is 13.5. The van der Waals surface area contributed by atoms with Crippen molar-refractivity contribution < 1.29 is 18.0 Å². The summed E-state index contributed by atoms with van der Waals surface area (Å²) in [6, 6.07) is 13.9. The first-order valence-electron chi connectivity index (χ1n) is 11.1. The molecule has 0 radical (unpaired) electrons. The van der Waals surface area contributed by atoms with Crippen molar-refractivity contribution in [1.82, 2.24) is 10.2 Å². The Balaban J connectivity index is 2.35. The topological polar surface area (TPSA) is 86.8 Å². The molecule has 2 aromatic carbocycles. The quantitative estimate of drug-likeness (QED) is 0.574. The van der Waals surface area contributed by atoms with Gasteiger partial charge in [-0.1, -0.05) is 55.8 Å². The van der Waals surface area contributed by atoms with Crippen molar-refractivity contribution in [1.29, 1.82) is 0 Å². The molecule has 8 heteroatoms. The minimum atomic E-state index is -3.72. The van der Waals surface area contributed by atoms with E-state index < -0.39 is 28.5 Å². The summed E-state index contributed by atoms with van der Waals surface area (Å²) in [5.74, 6) is -0.454. The number of hydrogen-bond donors (Lipinski definition) is 1. The molecule has 0 spiro atoms. The van der Waals surface area contributed by atoms with Crippen LogP contribution in [0.2, 0.25) is 0 Å². The number of amides is 2. The predicted molar refractivity (Wildman–Crippen MR) is 132 cm³/mol. The minimum absolute atomic E-state index is 0.195. The molecule has 0 aliphatic heterocycles. The fourth-order valence-corrected chi connectivity index (χ4v) is 4.16. The van der Waals surface area contributed by atoms with Crippen molar-refractivity contribution >= 4 is 27.5 Å². The van der Waals surface area contributed by atoms with Crippen LogP contribution in [0, 0.1) is 19.8 Å². The maximum atomic E-state index is 13.5. The molecule has 0 saturated heterocycles. The Labute approximate surface area is 197 Å². The lowest BCUT2D eigenvalue weighted by molar-refractivity contribution is -0.139. The molecule has 2 rings (SSSR count). The van der Waals surface area contributed by atoms with Crippen molar-refractivity contribution in [3.63, 3.8) is 0 Å². The standard InChI is InChI=1S/C25H35N3O4S/c1-18(2)15-26-25(30)21(5)27(16-22-12-10-19(3)11-13-22)24(29)17-28(33(6,31)32)23-9-7-8-20(4)14-23/h7-14,18,21H,15-17H2,1-6H3,(H,26,30)/t21-/m1/s1. The van der Waals surface area contributed by atoms with Gasteiger partial charge in [-0.2, -0.15) is 0 Å². The molecule has 2 aromatic rings. The fraction of sp³-hybridized carbons (Fsp3) is 0.440. The normalized spacial score (nSPS) is 12.3. The summed E-state index contributed by atoms with van der Waals surface area (Å²) < 4.78 is 26.2. The number of rotatable bonds is 10. The Morgan fingerprint density at radius 2 is 1.61 bits per heavy atom. The highest BCUT2D eigenvalue weighted by atomic mass is 32.2. The molecule has 0 heterocycles. The highest BCUT2D eigenvalue weighted by molar-refractivity contribution is 7.92. The van der Waals surface area contributed by atoms with Crippen molar-refractivity contribution in [2.24, 2.45) is 5.92 Å². The molecule has 7 nitrogen and oxygen atoms in total. The van der Waals surface area contributed by atoms with E-state index in [1.807, 2.05) is 58.0 Å². The van der Waals surface area contributed by atoms with E-state index in [4.69, 9.17) is 0 Å². The molecular formula is C25H35N3O4S. The van der Waals surface area contributed by atoms with Gasteiger partial charge in [-0.15, -0.1) is 0 Å². The fourth-order valence-electron chi connectivity index (χ4n) is 3.32. The van der Waals surface area contributed by atoms with Crippen LogP contribution in [0.1, 0.15) is 37.5 Å². The monoisotopic (exact) mass is 473 g/mol. The largest absolute Gasteiger partial charge is 0.354 e. The third-order valence-electron chi connectivity index (χ3n) is 5.29. The molecule has 1 atom stereocenters. The smallest absolute Gasteiger partial charge is 0.244 e. The summed E-state index contributed by atoms with van der Waals surface area (Å²) in [4.78, 5) is 27.7. The van der Waals surface area contributed by atoms with Gasteiger partial charge in [-0.25, -0.2) is 8.42 Å². The van der Waals surface area contributed by atoms with Gasteiger partial charge in [0.25, 0.3) is 0 Å². The lowest BCUT2D eigenvalue weighted by Gasteiger charge is -2.31. The number of benzene rings is 2. The summed E-state index contributed by atoms with van der Waals surface area (Å²) in [5, 5.41) is 2.87. The highest BCUT2D eigenvalue weighted by Gasteiger charge is 2.30. The van der Waals surface area contributed by atoms with Crippen LogP contribution in [0.5, 0.6) is 0 Å². The highest BCUT2D eigenvalue weighted by Crippen LogP contribution is 2.20. The van der Waals surface area contributed by atoms with Gasteiger partial charge in [0, 0.05) is 13.1 Å². The molecule has 180 valence electrons. The van der Waals surface area contributed by atoms with Gasteiger partial charge in [-0.05, 0) is 49.9 Å². The first kappa shape index (κ1) is 26.4. The number of sulfonamides is 1. The van der Waals surface area contributed by atoms with Gasteiger partial charge in [0.15, 0.2) is 0 Å². The maximum Gasteiger partial charge on any atom is 0.244 e. The summed E-state index contributed by atoms with van der Waals surface area (Å²) in [7, 11) is -3.72. The minimum Gasteiger partial charge on any atom is -0.354 e. The second-order valence-electron chi connectivity index (χ2n) is 8.93. The number of carbonyl (C=O) groups excluding carboxylic acids is 2. The van der Waals surface area contributed by atoms with E-state index in [2.05, 4.69) is 5.32 Å². The lowest BCUT2D eigenvalue weighted by atomic mass is 10.1. The average molecular weight is 474 g/mol. The summed E-state index contributed by atoms with van der Waals surface area (Å²) in [6.07, 6.45) is 1.08. The predicted octanol–water partition coefficient (Wildman–Crippen LogP) is 3.26. The summed E-state index contributed by atoms with van der Waals surface area (Å²) >= 11 is 0. The number of anilines is 1. The Morgan fingerprint density at radius 1 is 0.970 bits per heavy atom. The second-order valence-corrected chi connectivity index (χ2v) is 10.8. The summed E-state index contributed by atoms with van der Waals surface area (Å²) in [6.45, 7) is 9.78. The Hall–Kier alpha value is -2.87. The van der Waals surface area contributed by atoms with Gasteiger partial charge in [0.1, 0.15) is 12.6 Å². The van der Waals surface area contributed by atoms with E-state index in [0.29, 0.717) is 12.2 Å². The Morgan fingerprint density at radius 3 is 2.15 bits per heavy atom. The van der Waals surface area contributed by atoms with E-state index >= 15 is 0 Å². The van der Waals surface area contributed by atoms with Crippen molar-refractivity contribution in [2.45, 2.75) is 47.2 Å². The molecule has 0 saturated carbocycles. The zero-order chi connectivity index (χ0) is 24.8.